The number of unbranched alkanes of at least 4 members (excludes halogenated alkanes) is 1. The molecule has 0 spiro atoms. The van der Waals surface area contributed by atoms with Crippen LogP contribution in [0.4, 0.5) is 0 Å². The largest absolute Gasteiger partial charge is 0.493 e. The summed E-state index contributed by atoms with van der Waals surface area (Å²) in [5, 5.41) is 0. The number of nitrogens with zero attached hydrogens (tertiary/aromatic N) is 2. The number of amides is 1. The van der Waals surface area contributed by atoms with E-state index in [-0.39, 0.29) is 5.91 Å². The summed E-state index contributed by atoms with van der Waals surface area (Å²) in [6.45, 7) is 5.51. The second-order valence-electron chi connectivity index (χ2n) is 6.45. The minimum absolute atomic E-state index is 0.235. The molecule has 5 nitrogen and oxygen atoms in total. The summed E-state index contributed by atoms with van der Waals surface area (Å²) in [5.74, 6) is 1.72. The second kappa shape index (κ2) is 8.92. The highest BCUT2D eigenvalue weighted by Crippen LogP contribution is 2.33. The van der Waals surface area contributed by atoms with Gasteiger partial charge in [0.1, 0.15) is 0 Å². The van der Waals surface area contributed by atoms with Crippen LogP contribution in [0.25, 0.3) is 0 Å². The van der Waals surface area contributed by atoms with Crippen molar-refractivity contribution < 1.29 is 14.3 Å². The van der Waals surface area contributed by atoms with E-state index in [9.17, 15) is 4.79 Å². The predicted octanol–water partition coefficient (Wildman–Crippen LogP) is 2.71. The van der Waals surface area contributed by atoms with Gasteiger partial charge in [-0.3, -0.25) is 4.79 Å². The zero-order valence-electron chi connectivity index (χ0n) is 15.4. The molecule has 1 aliphatic heterocycles. The van der Waals surface area contributed by atoms with Gasteiger partial charge in [-0.05, 0) is 49.7 Å². The Morgan fingerprint density at radius 2 is 1.83 bits per heavy atom. The summed E-state index contributed by atoms with van der Waals surface area (Å²) in [7, 11) is 5.38. The van der Waals surface area contributed by atoms with Gasteiger partial charge in [-0.25, -0.2) is 0 Å². The van der Waals surface area contributed by atoms with Crippen molar-refractivity contribution >= 4 is 5.91 Å². The maximum atomic E-state index is 12.5. The fraction of sp³-hybridized carbons (Fsp3) is 0.632. The first-order valence-electron chi connectivity index (χ1n) is 8.79. The van der Waals surface area contributed by atoms with Crippen LogP contribution in [-0.4, -0.2) is 56.6 Å². The van der Waals surface area contributed by atoms with Crippen molar-refractivity contribution in [3.63, 3.8) is 0 Å². The fourth-order valence-electron chi connectivity index (χ4n) is 3.08. The highest BCUT2D eigenvalue weighted by Gasteiger charge is 2.22. The molecule has 0 unspecified atom stereocenters. The SMILES string of the molecule is CCCCN(C)CCC(=O)N1CCc2cc(OC)c(OC)cc2C1. The molecule has 5 heteroatoms. The molecule has 24 heavy (non-hydrogen) atoms. The summed E-state index contributed by atoms with van der Waals surface area (Å²) in [6.07, 6.45) is 3.83. The molecule has 0 N–H and O–H groups in total. The molecule has 0 radical (unpaired) electrons. The molecule has 1 aromatic rings. The fourth-order valence-corrected chi connectivity index (χ4v) is 3.08. The Kier molecular flexibility index (Phi) is 6.91. The molecular formula is C19H30N2O3. The first-order chi connectivity index (χ1) is 11.6. The summed E-state index contributed by atoms with van der Waals surface area (Å²) in [6, 6.07) is 4.04. The first kappa shape index (κ1) is 18.6. The number of carbonyl (C=O) groups is 1. The normalized spacial score (nSPS) is 13.8. The molecule has 0 saturated carbocycles. The molecule has 0 atom stereocenters. The average Bonchev–Trinajstić information content (AvgIpc) is 2.62. The Bertz CT molecular complexity index is 560. The highest BCUT2D eigenvalue weighted by molar-refractivity contribution is 5.76. The molecule has 1 aromatic carbocycles. The molecule has 134 valence electrons. The topological polar surface area (TPSA) is 42.0 Å². The van der Waals surface area contributed by atoms with Crippen molar-refractivity contribution in [2.45, 2.75) is 39.2 Å². The minimum atomic E-state index is 0.235. The van der Waals surface area contributed by atoms with E-state index in [2.05, 4.69) is 18.9 Å². The van der Waals surface area contributed by atoms with Crippen LogP contribution in [0.5, 0.6) is 11.5 Å². The Labute approximate surface area is 145 Å². The Hall–Kier alpha value is -1.75. The molecule has 0 bridgehead atoms. The standard InChI is InChI=1S/C19H30N2O3/c1-5-6-9-20(2)10-8-19(22)21-11-7-15-12-17(23-3)18(24-4)13-16(15)14-21/h12-13H,5-11,14H2,1-4H3. The zero-order chi connectivity index (χ0) is 17.5. The number of ether oxygens (including phenoxy) is 2. The minimum Gasteiger partial charge on any atom is -0.493 e. The Balaban J connectivity index is 1.95. The molecule has 0 saturated heterocycles. The molecule has 1 heterocycles. The second-order valence-corrected chi connectivity index (χ2v) is 6.45. The van der Waals surface area contributed by atoms with Crippen molar-refractivity contribution in [1.29, 1.82) is 0 Å². The molecular weight excluding hydrogens is 304 g/mol. The van der Waals surface area contributed by atoms with Crippen molar-refractivity contribution in [1.82, 2.24) is 9.80 Å². The van der Waals surface area contributed by atoms with Crippen molar-refractivity contribution in [3.05, 3.63) is 23.3 Å². The van der Waals surface area contributed by atoms with Gasteiger partial charge in [-0.15, -0.1) is 0 Å². The summed E-state index contributed by atoms with van der Waals surface area (Å²) >= 11 is 0. The van der Waals surface area contributed by atoms with E-state index in [1.807, 2.05) is 17.0 Å². The summed E-state index contributed by atoms with van der Waals surface area (Å²) < 4.78 is 10.7. The van der Waals surface area contributed by atoms with E-state index < -0.39 is 0 Å². The third-order valence-corrected chi connectivity index (χ3v) is 4.67. The van der Waals surface area contributed by atoms with Crippen LogP contribution in [0.2, 0.25) is 0 Å². The van der Waals surface area contributed by atoms with Crippen LogP contribution in [-0.2, 0) is 17.8 Å². The van der Waals surface area contributed by atoms with Gasteiger partial charge in [0, 0.05) is 26.1 Å². The number of fused-ring (bicyclic) bond motifs is 1. The quantitative estimate of drug-likeness (QED) is 0.733. The van der Waals surface area contributed by atoms with E-state index in [0.717, 1.165) is 43.1 Å². The van der Waals surface area contributed by atoms with Gasteiger partial charge in [0.25, 0.3) is 0 Å². The molecule has 0 aromatic heterocycles. The molecule has 0 aliphatic carbocycles. The average molecular weight is 334 g/mol. The Morgan fingerprint density at radius 1 is 1.17 bits per heavy atom. The van der Waals surface area contributed by atoms with Crippen LogP contribution < -0.4 is 9.47 Å². The number of carbonyl (C=O) groups excluding carboxylic acids is 1. The van der Waals surface area contributed by atoms with Crippen molar-refractivity contribution in [3.8, 4) is 11.5 Å². The van der Waals surface area contributed by atoms with E-state index in [1.54, 1.807) is 14.2 Å². The lowest BCUT2D eigenvalue weighted by Gasteiger charge is -2.30. The van der Waals surface area contributed by atoms with E-state index in [4.69, 9.17) is 9.47 Å². The van der Waals surface area contributed by atoms with Gasteiger partial charge in [-0.2, -0.15) is 0 Å². The number of methoxy groups -OCH3 is 2. The number of benzene rings is 1. The van der Waals surface area contributed by atoms with Crippen LogP contribution in [0, 0.1) is 0 Å². The highest BCUT2D eigenvalue weighted by atomic mass is 16.5. The van der Waals surface area contributed by atoms with E-state index in [1.165, 1.54) is 18.4 Å². The first-order valence-corrected chi connectivity index (χ1v) is 8.79. The monoisotopic (exact) mass is 334 g/mol. The lowest BCUT2D eigenvalue weighted by atomic mass is 9.98. The summed E-state index contributed by atoms with van der Waals surface area (Å²) in [4.78, 5) is 16.7. The van der Waals surface area contributed by atoms with Gasteiger partial charge >= 0.3 is 0 Å². The lowest BCUT2D eigenvalue weighted by molar-refractivity contribution is -0.132. The van der Waals surface area contributed by atoms with Gasteiger partial charge in [0.05, 0.1) is 14.2 Å². The predicted molar refractivity (Wildman–Crippen MR) is 95.7 cm³/mol. The van der Waals surface area contributed by atoms with Gasteiger partial charge < -0.3 is 19.3 Å². The van der Waals surface area contributed by atoms with Crippen LogP contribution in [0.1, 0.15) is 37.3 Å². The van der Waals surface area contributed by atoms with Crippen molar-refractivity contribution in [2.75, 3.05) is 40.9 Å². The Morgan fingerprint density at radius 3 is 2.46 bits per heavy atom. The molecule has 2 rings (SSSR count). The third-order valence-electron chi connectivity index (χ3n) is 4.67. The van der Waals surface area contributed by atoms with Crippen LogP contribution in [0.3, 0.4) is 0 Å². The lowest BCUT2D eigenvalue weighted by Crippen LogP contribution is -2.37. The van der Waals surface area contributed by atoms with Crippen molar-refractivity contribution in [2.24, 2.45) is 0 Å². The molecule has 1 aliphatic rings. The summed E-state index contributed by atoms with van der Waals surface area (Å²) in [5.41, 5.74) is 2.41. The molecule has 0 fully saturated rings. The number of hydrogen-bond acceptors (Lipinski definition) is 4. The van der Waals surface area contributed by atoms with Gasteiger partial charge in [0.15, 0.2) is 11.5 Å². The van der Waals surface area contributed by atoms with E-state index >= 15 is 0 Å². The maximum Gasteiger partial charge on any atom is 0.224 e. The van der Waals surface area contributed by atoms with E-state index in [0.29, 0.717) is 13.0 Å². The number of rotatable bonds is 8. The van der Waals surface area contributed by atoms with Gasteiger partial charge in [0.2, 0.25) is 5.91 Å². The zero-order valence-corrected chi connectivity index (χ0v) is 15.4. The third kappa shape index (κ3) is 4.63. The smallest absolute Gasteiger partial charge is 0.224 e. The molecule has 1 amide bonds. The van der Waals surface area contributed by atoms with Crippen LogP contribution in [0.15, 0.2) is 12.1 Å². The number of hydrogen-bond donors (Lipinski definition) is 0. The maximum absolute atomic E-state index is 12.5. The van der Waals surface area contributed by atoms with Crippen LogP contribution >= 0.6 is 0 Å². The van der Waals surface area contributed by atoms with Gasteiger partial charge in [-0.1, -0.05) is 13.3 Å².